The summed E-state index contributed by atoms with van der Waals surface area (Å²) in [6.07, 6.45) is 3.47. The van der Waals surface area contributed by atoms with Gasteiger partial charge in [-0.3, -0.25) is 4.79 Å². The maximum absolute atomic E-state index is 13.0. The molecule has 0 unspecified atom stereocenters. The molecule has 0 atom stereocenters. The van der Waals surface area contributed by atoms with E-state index >= 15 is 0 Å². The fraction of sp³-hybridized carbons (Fsp3) is 0.304. The highest BCUT2D eigenvalue weighted by molar-refractivity contribution is 5.98. The summed E-state index contributed by atoms with van der Waals surface area (Å²) in [5.41, 5.74) is 9.53. The summed E-state index contributed by atoms with van der Waals surface area (Å²) in [5.74, 6) is 0.894. The first-order chi connectivity index (χ1) is 14.2. The number of nitrogens with two attached hydrogens (primary N) is 1. The number of amidine groups is 1. The monoisotopic (exact) mass is 390 g/mol. The highest BCUT2D eigenvalue weighted by Gasteiger charge is 2.24. The molecule has 0 aliphatic carbocycles. The van der Waals surface area contributed by atoms with Gasteiger partial charge in [-0.1, -0.05) is 30.3 Å². The third kappa shape index (κ3) is 4.17. The number of carbonyl (C=O) groups is 1. The molecular weight excluding hydrogens is 364 g/mol. The Kier molecular flexibility index (Phi) is 5.62. The van der Waals surface area contributed by atoms with Gasteiger partial charge in [0.25, 0.3) is 5.91 Å². The summed E-state index contributed by atoms with van der Waals surface area (Å²) in [4.78, 5) is 21.3. The molecule has 1 fully saturated rings. The van der Waals surface area contributed by atoms with Crippen molar-refractivity contribution in [1.29, 1.82) is 0 Å². The molecule has 4 rings (SSSR count). The van der Waals surface area contributed by atoms with E-state index in [2.05, 4.69) is 9.89 Å². The fourth-order valence-electron chi connectivity index (χ4n) is 3.88. The average molecular weight is 390 g/mol. The zero-order valence-electron chi connectivity index (χ0n) is 16.4. The number of aliphatic imine (C=N–C) groups is 1. The summed E-state index contributed by atoms with van der Waals surface area (Å²) in [6.45, 7) is 2.08. The molecule has 0 spiro atoms. The molecule has 29 heavy (non-hydrogen) atoms. The van der Waals surface area contributed by atoms with Crippen molar-refractivity contribution in [2.24, 2.45) is 16.6 Å². The van der Waals surface area contributed by atoms with Gasteiger partial charge in [-0.05, 0) is 43.0 Å². The number of aliphatic hydroxyl groups excluding tert-OH is 1. The second-order valence-corrected chi connectivity index (χ2v) is 7.56. The Morgan fingerprint density at radius 1 is 1.10 bits per heavy atom. The molecule has 2 aliphatic rings. The third-order valence-corrected chi connectivity index (χ3v) is 5.60. The van der Waals surface area contributed by atoms with Crippen LogP contribution in [0.1, 0.15) is 28.8 Å². The van der Waals surface area contributed by atoms with Crippen molar-refractivity contribution in [2.75, 3.05) is 31.1 Å². The minimum Gasteiger partial charge on any atom is -0.396 e. The highest BCUT2D eigenvalue weighted by atomic mass is 16.3. The van der Waals surface area contributed by atoms with Gasteiger partial charge in [0, 0.05) is 36.5 Å². The number of para-hydroxylation sites is 1. The van der Waals surface area contributed by atoms with Gasteiger partial charge in [-0.2, -0.15) is 0 Å². The Bertz CT molecular complexity index is 931. The Labute approximate surface area is 171 Å². The lowest BCUT2D eigenvalue weighted by molar-refractivity contribution is 0.0651. The first-order valence-electron chi connectivity index (χ1n) is 10.0. The van der Waals surface area contributed by atoms with E-state index < -0.39 is 0 Å². The molecular formula is C23H26N4O2. The molecule has 0 aromatic heterocycles. The second kappa shape index (κ2) is 8.49. The van der Waals surface area contributed by atoms with Crippen LogP contribution in [0.25, 0.3) is 5.70 Å². The molecule has 1 amide bonds. The lowest BCUT2D eigenvalue weighted by Crippen LogP contribution is -2.39. The van der Waals surface area contributed by atoms with Crippen LogP contribution in [0.2, 0.25) is 0 Å². The minimum atomic E-state index is 0.0360. The molecule has 1 saturated heterocycles. The number of rotatable bonds is 4. The summed E-state index contributed by atoms with van der Waals surface area (Å²) >= 11 is 0. The van der Waals surface area contributed by atoms with Gasteiger partial charge in [0.1, 0.15) is 5.84 Å². The number of likely N-dealkylation sites (tertiary alicyclic amines) is 1. The van der Waals surface area contributed by atoms with Gasteiger partial charge in [0.05, 0.1) is 18.4 Å². The van der Waals surface area contributed by atoms with Crippen LogP contribution < -0.4 is 10.6 Å². The van der Waals surface area contributed by atoms with Crippen molar-refractivity contribution in [3.63, 3.8) is 0 Å². The standard InChI is InChI=1S/C23H26N4O2/c24-22-15-27(20-7-2-1-3-8-20)21(14-25-22)18-5-4-6-19(13-18)23(29)26-11-9-17(16-28)10-12-26/h1-8,13-14,17,28H,9-12,15-16H2,(H2,24,25). The fourth-order valence-corrected chi connectivity index (χ4v) is 3.88. The molecule has 2 aliphatic heterocycles. The SMILES string of the molecule is NC1=NC=C(c2cccc(C(=O)N3CCC(CO)CC3)c2)N(c2ccccc2)C1. The van der Waals surface area contributed by atoms with Crippen molar-refractivity contribution in [1.82, 2.24) is 4.90 Å². The second-order valence-electron chi connectivity index (χ2n) is 7.56. The van der Waals surface area contributed by atoms with Gasteiger partial charge in [-0.15, -0.1) is 0 Å². The molecule has 0 bridgehead atoms. The number of benzene rings is 2. The van der Waals surface area contributed by atoms with Crippen LogP contribution in [0.3, 0.4) is 0 Å². The zero-order valence-corrected chi connectivity index (χ0v) is 16.4. The van der Waals surface area contributed by atoms with Crippen molar-refractivity contribution in [3.05, 3.63) is 71.9 Å². The lowest BCUT2D eigenvalue weighted by atomic mass is 9.97. The highest BCUT2D eigenvalue weighted by Crippen LogP contribution is 2.29. The largest absolute Gasteiger partial charge is 0.396 e. The van der Waals surface area contributed by atoms with Crippen molar-refractivity contribution in [3.8, 4) is 0 Å². The van der Waals surface area contributed by atoms with Crippen LogP contribution in [-0.2, 0) is 0 Å². The Hall–Kier alpha value is -3.12. The average Bonchev–Trinajstić information content (AvgIpc) is 2.79. The van der Waals surface area contributed by atoms with Gasteiger partial charge in [0.2, 0.25) is 0 Å². The molecule has 3 N–H and O–H groups in total. The number of aliphatic hydroxyl groups is 1. The normalized spacial score (nSPS) is 17.7. The van der Waals surface area contributed by atoms with E-state index in [9.17, 15) is 9.90 Å². The molecule has 2 aromatic rings. The topological polar surface area (TPSA) is 82.2 Å². The van der Waals surface area contributed by atoms with E-state index in [0.29, 0.717) is 37.0 Å². The summed E-state index contributed by atoms with van der Waals surface area (Å²) in [6, 6.07) is 17.7. The summed E-state index contributed by atoms with van der Waals surface area (Å²) < 4.78 is 0. The smallest absolute Gasteiger partial charge is 0.253 e. The Morgan fingerprint density at radius 2 is 1.86 bits per heavy atom. The first kappa shape index (κ1) is 19.2. The number of carbonyl (C=O) groups excluding carboxylic acids is 1. The molecule has 2 aromatic carbocycles. The van der Waals surface area contributed by atoms with E-state index in [-0.39, 0.29) is 12.5 Å². The Balaban J connectivity index is 1.60. The molecule has 0 radical (unpaired) electrons. The number of hydrogen-bond acceptors (Lipinski definition) is 5. The van der Waals surface area contributed by atoms with Gasteiger partial charge >= 0.3 is 0 Å². The quantitative estimate of drug-likeness (QED) is 0.841. The Morgan fingerprint density at radius 3 is 2.59 bits per heavy atom. The number of hydrogen-bond donors (Lipinski definition) is 2. The summed E-state index contributed by atoms with van der Waals surface area (Å²) in [7, 11) is 0. The predicted molar refractivity (Wildman–Crippen MR) is 116 cm³/mol. The van der Waals surface area contributed by atoms with Crippen molar-refractivity contribution < 1.29 is 9.90 Å². The van der Waals surface area contributed by atoms with Gasteiger partial charge in [-0.25, -0.2) is 4.99 Å². The maximum atomic E-state index is 13.0. The molecule has 2 heterocycles. The van der Waals surface area contributed by atoms with Crippen LogP contribution in [0.4, 0.5) is 5.69 Å². The van der Waals surface area contributed by atoms with E-state index in [1.165, 1.54) is 0 Å². The number of piperidine rings is 1. The van der Waals surface area contributed by atoms with Crippen LogP contribution in [0.15, 0.2) is 65.8 Å². The van der Waals surface area contributed by atoms with Crippen LogP contribution in [0, 0.1) is 5.92 Å². The van der Waals surface area contributed by atoms with Crippen molar-refractivity contribution >= 4 is 23.1 Å². The van der Waals surface area contributed by atoms with E-state index in [1.54, 1.807) is 6.20 Å². The van der Waals surface area contributed by atoms with Gasteiger partial charge in [0.15, 0.2) is 0 Å². The number of nitrogens with zero attached hydrogens (tertiary/aromatic N) is 3. The minimum absolute atomic E-state index is 0.0360. The van der Waals surface area contributed by atoms with Crippen LogP contribution >= 0.6 is 0 Å². The zero-order chi connectivity index (χ0) is 20.2. The molecule has 6 heteroatoms. The van der Waals surface area contributed by atoms with Crippen LogP contribution in [0.5, 0.6) is 0 Å². The van der Waals surface area contributed by atoms with E-state index in [1.807, 2.05) is 59.5 Å². The number of anilines is 1. The first-order valence-corrected chi connectivity index (χ1v) is 10.0. The van der Waals surface area contributed by atoms with E-state index in [4.69, 9.17) is 5.73 Å². The maximum Gasteiger partial charge on any atom is 0.253 e. The predicted octanol–water partition coefficient (Wildman–Crippen LogP) is 2.71. The molecule has 0 saturated carbocycles. The van der Waals surface area contributed by atoms with Crippen molar-refractivity contribution in [2.45, 2.75) is 12.8 Å². The van der Waals surface area contributed by atoms with Gasteiger partial charge < -0.3 is 20.6 Å². The summed E-state index contributed by atoms with van der Waals surface area (Å²) in [5, 5.41) is 9.32. The molecule has 150 valence electrons. The van der Waals surface area contributed by atoms with E-state index in [0.717, 1.165) is 29.8 Å². The third-order valence-electron chi connectivity index (χ3n) is 5.60. The number of amides is 1. The molecule has 6 nitrogen and oxygen atoms in total. The lowest BCUT2D eigenvalue weighted by Gasteiger charge is -2.32. The van der Waals surface area contributed by atoms with Crippen LogP contribution in [-0.4, -0.2) is 48.0 Å².